The minimum Gasteiger partial charge on any atom is -0.207 e. The Morgan fingerprint density at radius 2 is 1.69 bits per heavy atom. The van der Waals surface area contributed by atoms with E-state index in [1.54, 1.807) is 0 Å². The second kappa shape index (κ2) is 6.10. The largest absolute Gasteiger partial charge is 0.207 e. The predicted molar refractivity (Wildman–Crippen MR) is 69.8 cm³/mol. The van der Waals surface area contributed by atoms with Crippen LogP contribution in [0.2, 0.25) is 0 Å². The third-order valence-electron chi connectivity index (χ3n) is 2.80. The van der Waals surface area contributed by atoms with Gasteiger partial charge in [0.05, 0.1) is 4.47 Å². The normalized spacial score (nSPS) is 13.2. The van der Waals surface area contributed by atoms with E-state index in [-0.39, 0.29) is 15.1 Å². The first-order valence-corrected chi connectivity index (χ1v) is 7.00. The molecule has 0 aliphatic rings. The van der Waals surface area contributed by atoms with E-state index in [1.165, 1.54) is 12.1 Å². The average molecular weight is 356 g/mol. The summed E-state index contributed by atoms with van der Waals surface area (Å²) in [5.74, 6) is -0.482. The molecule has 0 saturated carbocycles. The van der Waals surface area contributed by atoms with Crippen LogP contribution >= 0.6 is 31.9 Å². The summed E-state index contributed by atoms with van der Waals surface area (Å²) >= 11 is 6.43. The van der Waals surface area contributed by atoms with E-state index in [0.717, 1.165) is 12.8 Å². The first kappa shape index (κ1) is 14.1. The Morgan fingerprint density at radius 3 is 2.19 bits per heavy atom. The summed E-state index contributed by atoms with van der Waals surface area (Å²) < 4.78 is 27.2. The van der Waals surface area contributed by atoms with E-state index >= 15 is 0 Å². The van der Waals surface area contributed by atoms with Crippen molar-refractivity contribution in [2.75, 3.05) is 0 Å². The van der Waals surface area contributed by atoms with Crippen LogP contribution in [0.3, 0.4) is 0 Å². The van der Waals surface area contributed by atoms with Gasteiger partial charge in [-0.05, 0) is 34.0 Å². The molecule has 0 spiro atoms. The molecule has 0 N–H and O–H groups in total. The fourth-order valence-corrected chi connectivity index (χ4v) is 3.12. The van der Waals surface area contributed by atoms with Gasteiger partial charge in [0, 0.05) is 10.4 Å². The number of alkyl halides is 1. The molecule has 1 atom stereocenters. The Balaban J connectivity index is 3.07. The molecule has 0 aliphatic carbocycles. The van der Waals surface area contributed by atoms with E-state index in [9.17, 15) is 8.78 Å². The molecule has 1 aromatic carbocycles. The lowest BCUT2D eigenvalue weighted by Gasteiger charge is -2.20. The highest BCUT2D eigenvalue weighted by Gasteiger charge is 2.21. The number of rotatable bonds is 4. The summed E-state index contributed by atoms with van der Waals surface area (Å²) in [6.07, 6.45) is 1.87. The highest BCUT2D eigenvalue weighted by molar-refractivity contribution is 9.10. The monoisotopic (exact) mass is 354 g/mol. The molecule has 1 aromatic rings. The van der Waals surface area contributed by atoms with E-state index in [0.29, 0.717) is 11.5 Å². The Labute approximate surface area is 112 Å². The quantitative estimate of drug-likeness (QED) is 0.487. The van der Waals surface area contributed by atoms with Crippen molar-refractivity contribution in [3.8, 4) is 0 Å². The van der Waals surface area contributed by atoms with Gasteiger partial charge in [-0.25, -0.2) is 8.78 Å². The van der Waals surface area contributed by atoms with Crippen molar-refractivity contribution in [1.82, 2.24) is 0 Å². The predicted octanol–water partition coefficient (Wildman–Crippen LogP) is 5.60. The van der Waals surface area contributed by atoms with Crippen LogP contribution in [0.1, 0.15) is 37.1 Å². The molecule has 1 unspecified atom stereocenters. The van der Waals surface area contributed by atoms with Gasteiger partial charge in [-0.2, -0.15) is 0 Å². The van der Waals surface area contributed by atoms with Crippen LogP contribution in [-0.2, 0) is 0 Å². The molecule has 0 radical (unpaired) electrons. The zero-order valence-electron chi connectivity index (χ0n) is 9.24. The van der Waals surface area contributed by atoms with Gasteiger partial charge >= 0.3 is 0 Å². The molecule has 0 aromatic heterocycles. The van der Waals surface area contributed by atoms with Crippen LogP contribution in [0.4, 0.5) is 8.78 Å². The maximum Gasteiger partial charge on any atom is 0.137 e. The van der Waals surface area contributed by atoms with Gasteiger partial charge in [0.15, 0.2) is 0 Å². The molecule has 1 rings (SSSR count). The standard InChI is InChI=1S/C12H14Br2F2/c1-3-7(4-2)12(14)8-5-11(16)9(13)6-10(8)15/h5-7,12H,3-4H2,1-2H3. The van der Waals surface area contributed by atoms with Gasteiger partial charge in [0.25, 0.3) is 0 Å². The molecule has 0 nitrogen and oxygen atoms in total. The zero-order valence-corrected chi connectivity index (χ0v) is 12.4. The summed E-state index contributed by atoms with van der Waals surface area (Å²) in [4.78, 5) is -0.134. The Morgan fingerprint density at radius 1 is 1.12 bits per heavy atom. The van der Waals surface area contributed by atoms with Gasteiger partial charge in [-0.1, -0.05) is 42.6 Å². The minimum absolute atomic E-state index is 0.134. The molecule has 90 valence electrons. The van der Waals surface area contributed by atoms with Crippen LogP contribution in [0, 0.1) is 17.6 Å². The zero-order chi connectivity index (χ0) is 12.3. The van der Waals surface area contributed by atoms with Gasteiger partial charge in [-0.15, -0.1) is 0 Å². The minimum atomic E-state index is -0.424. The molecule has 0 bridgehead atoms. The first-order chi connectivity index (χ1) is 7.51. The summed E-state index contributed by atoms with van der Waals surface area (Å²) in [6, 6.07) is 2.44. The molecular weight excluding hydrogens is 342 g/mol. The van der Waals surface area contributed by atoms with Crippen LogP contribution in [0.25, 0.3) is 0 Å². The van der Waals surface area contributed by atoms with Gasteiger partial charge in [0.2, 0.25) is 0 Å². The second-order valence-electron chi connectivity index (χ2n) is 3.77. The highest BCUT2D eigenvalue weighted by atomic mass is 79.9. The van der Waals surface area contributed by atoms with E-state index < -0.39 is 5.82 Å². The molecule has 4 heteroatoms. The lowest BCUT2D eigenvalue weighted by Crippen LogP contribution is -2.08. The summed E-state index contributed by atoms with van der Waals surface area (Å²) in [7, 11) is 0. The van der Waals surface area contributed by atoms with Crippen LogP contribution in [-0.4, -0.2) is 0 Å². The smallest absolute Gasteiger partial charge is 0.137 e. The van der Waals surface area contributed by atoms with Crippen molar-refractivity contribution in [3.63, 3.8) is 0 Å². The van der Waals surface area contributed by atoms with E-state index in [2.05, 4.69) is 45.7 Å². The Kier molecular flexibility index (Phi) is 5.38. The van der Waals surface area contributed by atoms with Crippen molar-refractivity contribution >= 4 is 31.9 Å². The SMILES string of the molecule is CCC(CC)C(Br)c1cc(F)c(Br)cc1F. The highest BCUT2D eigenvalue weighted by Crippen LogP contribution is 2.37. The van der Waals surface area contributed by atoms with Crippen molar-refractivity contribution in [2.24, 2.45) is 5.92 Å². The Hall–Kier alpha value is 0.0400. The van der Waals surface area contributed by atoms with E-state index in [1.807, 2.05) is 0 Å². The molecule has 0 fully saturated rings. The third-order valence-corrected chi connectivity index (χ3v) is 4.65. The maximum atomic E-state index is 13.7. The summed E-state index contributed by atoms with van der Waals surface area (Å²) in [5.41, 5.74) is 0.398. The lowest BCUT2D eigenvalue weighted by atomic mass is 9.94. The Bertz CT molecular complexity index is 362. The molecule has 0 heterocycles. The maximum absolute atomic E-state index is 13.7. The van der Waals surface area contributed by atoms with Crippen LogP contribution < -0.4 is 0 Å². The van der Waals surface area contributed by atoms with E-state index in [4.69, 9.17) is 0 Å². The molecule has 0 aliphatic heterocycles. The summed E-state index contributed by atoms with van der Waals surface area (Å²) in [6.45, 7) is 4.10. The number of hydrogen-bond acceptors (Lipinski definition) is 0. The summed E-state index contributed by atoms with van der Waals surface area (Å²) in [5, 5.41) is 0. The molecule has 0 saturated heterocycles. The van der Waals surface area contributed by atoms with Crippen molar-refractivity contribution < 1.29 is 8.78 Å². The average Bonchev–Trinajstić information content (AvgIpc) is 2.25. The van der Waals surface area contributed by atoms with Gasteiger partial charge < -0.3 is 0 Å². The first-order valence-electron chi connectivity index (χ1n) is 5.29. The molecule has 0 amide bonds. The number of halogens is 4. The van der Waals surface area contributed by atoms with Crippen molar-refractivity contribution in [1.29, 1.82) is 0 Å². The van der Waals surface area contributed by atoms with Gasteiger partial charge in [0.1, 0.15) is 11.6 Å². The van der Waals surface area contributed by atoms with Gasteiger partial charge in [-0.3, -0.25) is 0 Å². The number of hydrogen-bond donors (Lipinski definition) is 0. The van der Waals surface area contributed by atoms with Crippen LogP contribution in [0.5, 0.6) is 0 Å². The second-order valence-corrected chi connectivity index (χ2v) is 5.61. The topological polar surface area (TPSA) is 0 Å². The van der Waals surface area contributed by atoms with Crippen molar-refractivity contribution in [2.45, 2.75) is 31.5 Å². The lowest BCUT2D eigenvalue weighted by molar-refractivity contribution is 0.469. The fraction of sp³-hybridized carbons (Fsp3) is 0.500. The van der Waals surface area contributed by atoms with Crippen LogP contribution in [0.15, 0.2) is 16.6 Å². The third kappa shape index (κ3) is 3.04. The van der Waals surface area contributed by atoms with Crippen molar-refractivity contribution in [3.05, 3.63) is 33.8 Å². The molecule has 16 heavy (non-hydrogen) atoms. The number of benzene rings is 1. The molecular formula is C12H14Br2F2. The fourth-order valence-electron chi connectivity index (χ4n) is 1.71.